The van der Waals surface area contributed by atoms with Crippen molar-refractivity contribution in [1.82, 2.24) is 5.32 Å². The second kappa shape index (κ2) is 4.84. The minimum Gasteiger partial charge on any atom is -0.395 e. The number of amides is 2. The fourth-order valence-corrected chi connectivity index (χ4v) is 1.60. The molecule has 0 unspecified atom stereocenters. The number of urea groups is 1. The predicted octanol–water partition coefficient (Wildman–Crippen LogP) is 1.17. The summed E-state index contributed by atoms with van der Waals surface area (Å²) in [5.74, 6) is 0. The minimum absolute atomic E-state index is 0.0456. The van der Waals surface area contributed by atoms with Gasteiger partial charge in [0.15, 0.2) is 0 Å². The molecule has 1 heterocycles. The van der Waals surface area contributed by atoms with Gasteiger partial charge >= 0.3 is 6.03 Å². The van der Waals surface area contributed by atoms with Gasteiger partial charge < -0.3 is 15.7 Å². The van der Waals surface area contributed by atoms with Crippen molar-refractivity contribution in [3.63, 3.8) is 0 Å². The van der Waals surface area contributed by atoms with Crippen LogP contribution < -0.4 is 10.6 Å². The minimum atomic E-state index is -0.282. The van der Waals surface area contributed by atoms with Gasteiger partial charge in [0.25, 0.3) is 0 Å². The van der Waals surface area contributed by atoms with Crippen molar-refractivity contribution in [2.75, 3.05) is 18.5 Å². The van der Waals surface area contributed by atoms with E-state index in [0.717, 1.165) is 11.3 Å². The van der Waals surface area contributed by atoms with Gasteiger partial charge in [-0.2, -0.15) is 0 Å². The number of rotatable bonds is 3. The van der Waals surface area contributed by atoms with E-state index in [1.807, 2.05) is 17.7 Å². The van der Waals surface area contributed by atoms with E-state index >= 15 is 0 Å². The van der Waals surface area contributed by atoms with Gasteiger partial charge in [0.1, 0.15) is 0 Å². The molecule has 3 N–H and O–H groups in total. The fourth-order valence-electron chi connectivity index (χ4n) is 0.825. The van der Waals surface area contributed by atoms with Gasteiger partial charge in [0, 0.05) is 11.9 Å². The van der Waals surface area contributed by atoms with Crippen molar-refractivity contribution in [2.45, 2.75) is 6.92 Å². The molecule has 0 saturated heterocycles. The summed E-state index contributed by atoms with van der Waals surface area (Å²) in [5, 5.41) is 17.5. The molecule has 0 atom stereocenters. The monoisotopic (exact) mass is 200 g/mol. The van der Waals surface area contributed by atoms with E-state index in [9.17, 15) is 4.79 Å². The number of aliphatic hydroxyl groups excluding tert-OH is 1. The van der Waals surface area contributed by atoms with Crippen LogP contribution >= 0.6 is 11.3 Å². The smallest absolute Gasteiger partial charge is 0.319 e. The van der Waals surface area contributed by atoms with Crippen LogP contribution in [0.3, 0.4) is 0 Å². The van der Waals surface area contributed by atoms with Gasteiger partial charge in [-0.05, 0) is 17.9 Å². The molecule has 0 aliphatic carbocycles. The summed E-state index contributed by atoms with van der Waals surface area (Å²) in [4.78, 5) is 11.1. The molecule has 1 rings (SSSR count). The molecule has 0 spiro atoms. The molecule has 2 amide bonds. The number of nitrogens with one attached hydrogen (secondary N) is 2. The maximum absolute atomic E-state index is 11.1. The standard InChI is InChI=1S/C8H12N2O2S/c1-6-4-13-5-7(6)10-8(12)9-2-3-11/h4-5,11H,2-3H2,1H3,(H2,9,10,12). The number of carbonyl (C=O) groups excluding carboxylic acids is 1. The first-order chi connectivity index (χ1) is 6.24. The van der Waals surface area contributed by atoms with Gasteiger partial charge in [-0.1, -0.05) is 0 Å². The van der Waals surface area contributed by atoms with E-state index in [1.54, 1.807) is 11.3 Å². The average molecular weight is 200 g/mol. The molecular weight excluding hydrogens is 188 g/mol. The highest BCUT2D eigenvalue weighted by Gasteiger charge is 2.03. The predicted molar refractivity (Wildman–Crippen MR) is 53.2 cm³/mol. The van der Waals surface area contributed by atoms with Crippen molar-refractivity contribution < 1.29 is 9.90 Å². The summed E-state index contributed by atoms with van der Waals surface area (Å²) < 4.78 is 0. The van der Waals surface area contributed by atoms with E-state index < -0.39 is 0 Å². The zero-order valence-electron chi connectivity index (χ0n) is 7.33. The lowest BCUT2D eigenvalue weighted by Gasteiger charge is -2.04. The topological polar surface area (TPSA) is 61.4 Å². The fraction of sp³-hybridized carbons (Fsp3) is 0.375. The third-order valence-corrected chi connectivity index (χ3v) is 2.36. The number of aryl methyl sites for hydroxylation is 1. The quantitative estimate of drug-likeness (QED) is 0.686. The summed E-state index contributed by atoms with van der Waals surface area (Å²) in [6.45, 7) is 2.16. The van der Waals surface area contributed by atoms with Gasteiger partial charge in [0.2, 0.25) is 0 Å². The Kier molecular flexibility index (Phi) is 3.72. The van der Waals surface area contributed by atoms with E-state index in [4.69, 9.17) is 5.11 Å². The molecular formula is C8H12N2O2S. The molecule has 0 aliphatic heterocycles. The third kappa shape index (κ3) is 3.04. The van der Waals surface area contributed by atoms with Gasteiger partial charge in [0.05, 0.1) is 12.3 Å². The highest BCUT2D eigenvalue weighted by Crippen LogP contribution is 2.18. The number of aliphatic hydroxyl groups is 1. The lowest BCUT2D eigenvalue weighted by atomic mass is 10.3. The number of hydrogen-bond acceptors (Lipinski definition) is 3. The SMILES string of the molecule is Cc1cscc1NC(=O)NCCO. The van der Waals surface area contributed by atoms with Crippen molar-refractivity contribution in [2.24, 2.45) is 0 Å². The molecule has 0 aromatic carbocycles. The van der Waals surface area contributed by atoms with Gasteiger partial charge in [-0.15, -0.1) is 11.3 Å². The van der Waals surface area contributed by atoms with Gasteiger partial charge in [-0.3, -0.25) is 0 Å². The maximum Gasteiger partial charge on any atom is 0.319 e. The molecule has 0 bridgehead atoms. The molecule has 4 nitrogen and oxygen atoms in total. The Hall–Kier alpha value is -1.07. The maximum atomic E-state index is 11.1. The zero-order valence-corrected chi connectivity index (χ0v) is 8.15. The van der Waals surface area contributed by atoms with Gasteiger partial charge in [-0.25, -0.2) is 4.79 Å². The van der Waals surface area contributed by atoms with Crippen molar-refractivity contribution >= 4 is 23.1 Å². The van der Waals surface area contributed by atoms with Crippen LogP contribution in [-0.2, 0) is 0 Å². The van der Waals surface area contributed by atoms with Crippen molar-refractivity contribution in [3.8, 4) is 0 Å². The molecule has 72 valence electrons. The van der Waals surface area contributed by atoms with Crippen LogP contribution in [0, 0.1) is 6.92 Å². The molecule has 1 aromatic rings. The van der Waals surface area contributed by atoms with Crippen LogP contribution in [0.2, 0.25) is 0 Å². The van der Waals surface area contributed by atoms with Crippen LogP contribution in [0.25, 0.3) is 0 Å². The number of anilines is 1. The first-order valence-electron chi connectivity index (χ1n) is 3.92. The Bertz CT molecular complexity index is 285. The summed E-state index contributed by atoms with van der Waals surface area (Å²) in [6.07, 6.45) is 0. The zero-order chi connectivity index (χ0) is 9.68. The first kappa shape index (κ1) is 10.0. The molecule has 1 aromatic heterocycles. The Morgan fingerprint density at radius 3 is 2.92 bits per heavy atom. The highest BCUT2D eigenvalue weighted by molar-refractivity contribution is 7.08. The van der Waals surface area contributed by atoms with E-state index in [-0.39, 0.29) is 19.2 Å². The van der Waals surface area contributed by atoms with E-state index in [2.05, 4.69) is 10.6 Å². The number of carbonyl (C=O) groups is 1. The third-order valence-electron chi connectivity index (χ3n) is 1.50. The summed E-state index contributed by atoms with van der Waals surface area (Å²) in [5.41, 5.74) is 1.87. The molecule has 0 aliphatic rings. The Balaban J connectivity index is 2.41. The van der Waals surface area contributed by atoms with Crippen LogP contribution in [-0.4, -0.2) is 24.3 Å². The second-order valence-corrected chi connectivity index (χ2v) is 3.32. The lowest BCUT2D eigenvalue weighted by Crippen LogP contribution is -2.30. The first-order valence-corrected chi connectivity index (χ1v) is 4.87. The molecule has 0 fully saturated rings. The van der Waals surface area contributed by atoms with E-state index in [0.29, 0.717) is 0 Å². The number of hydrogen-bond donors (Lipinski definition) is 3. The molecule has 0 radical (unpaired) electrons. The van der Waals surface area contributed by atoms with Crippen LogP contribution in [0.4, 0.5) is 10.5 Å². The number of thiophene rings is 1. The molecule has 13 heavy (non-hydrogen) atoms. The lowest BCUT2D eigenvalue weighted by molar-refractivity contribution is 0.245. The summed E-state index contributed by atoms with van der Waals surface area (Å²) >= 11 is 1.54. The van der Waals surface area contributed by atoms with Crippen molar-refractivity contribution in [1.29, 1.82) is 0 Å². The highest BCUT2D eigenvalue weighted by atomic mass is 32.1. The molecule has 5 heteroatoms. The average Bonchev–Trinajstić information content (AvgIpc) is 2.48. The van der Waals surface area contributed by atoms with Crippen molar-refractivity contribution in [3.05, 3.63) is 16.3 Å². The Morgan fingerprint density at radius 1 is 1.62 bits per heavy atom. The second-order valence-electron chi connectivity index (χ2n) is 2.57. The van der Waals surface area contributed by atoms with Crippen LogP contribution in [0.5, 0.6) is 0 Å². The largest absolute Gasteiger partial charge is 0.395 e. The van der Waals surface area contributed by atoms with Crippen LogP contribution in [0.1, 0.15) is 5.56 Å². The normalized spacial score (nSPS) is 9.69. The van der Waals surface area contributed by atoms with Crippen LogP contribution in [0.15, 0.2) is 10.8 Å². The summed E-state index contributed by atoms with van der Waals surface area (Å²) in [7, 11) is 0. The van der Waals surface area contributed by atoms with E-state index in [1.165, 1.54) is 0 Å². The Morgan fingerprint density at radius 2 is 2.38 bits per heavy atom. The summed E-state index contributed by atoms with van der Waals surface area (Å²) in [6, 6.07) is -0.282. The molecule has 0 saturated carbocycles. The Labute approximate surface area is 80.6 Å².